The molecule has 1 saturated heterocycles. The highest BCUT2D eigenvalue weighted by atomic mass is 16.5. The van der Waals surface area contributed by atoms with E-state index in [9.17, 15) is 4.79 Å². The number of methoxy groups -OCH3 is 1. The van der Waals surface area contributed by atoms with Crippen molar-refractivity contribution in [3.63, 3.8) is 0 Å². The van der Waals surface area contributed by atoms with Crippen LogP contribution in [0.15, 0.2) is 42.6 Å². The lowest BCUT2D eigenvalue weighted by atomic mass is 9.90. The van der Waals surface area contributed by atoms with Crippen molar-refractivity contribution in [2.45, 2.75) is 32.6 Å². The molecule has 28 heavy (non-hydrogen) atoms. The summed E-state index contributed by atoms with van der Waals surface area (Å²) in [6.07, 6.45) is 6.22. The molecule has 1 amide bonds. The van der Waals surface area contributed by atoms with Crippen molar-refractivity contribution in [1.29, 1.82) is 0 Å². The summed E-state index contributed by atoms with van der Waals surface area (Å²) in [5.41, 5.74) is 2.82. The number of amides is 1. The van der Waals surface area contributed by atoms with Gasteiger partial charge in [-0.15, -0.1) is 10.2 Å². The number of benzene rings is 1. The lowest BCUT2D eigenvalue weighted by Crippen LogP contribution is -2.38. The summed E-state index contributed by atoms with van der Waals surface area (Å²) < 4.78 is 7.08. The number of ether oxygens (including phenoxy) is 1. The van der Waals surface area contributed by atoms with Gasteiger partial charge in [0.15, 0.2) is 5.65 Å². The summed E-state index contributed by atoms with van der Waals surface area (Å²) in [5, 5.41) is 8.13. The second-order valence-electron chi connectivity index (χ2n) is 7.52. The zero-order chi connectivity index (χ0) is 19.5. The molecule has 4 rings (SSSR count). The molecule has 3 heterocycles. The van der Waals surface area contributed by atoms with E-state index in [-0.39, 0.29) is 5.91 Å². The predicted molar refractivity (Wildman–Crippen MR) is 108 cm³/mol. The fourth-order valence-electron chi connectivity index (χ4n) is 3.90. The number of likely N-dealkylation sites (tertiary alicyclic amines) is 1. The van der Waals surface area contributed by atoms with Crippen LogP contribution in [0, 0.1) is 12.8 Å². The number of hydrogen-bond donors (Lipinski definition) is 0. The number of carbonyl (C=O) groups is 1. The Bertz CT molecular complexity index is 956. The third-order valence-corrected chi connectivity index (χ3v) is 5.72. The van der Waals surface area contributed by atoms with Crippen LogP contribution in [-0.4, -0.2) is 45.6 Å². The maximum Gasteiger partial charge on any atom is 0.255 e. The average molecular weight is 378 g/mol. The number of aryl methyl sites for hydroxylation is 2. The normalized spacial score (nSPS) is 15.1. The topological polar surface area (TPSA) is 59.7 Å². The molecule has 0 saturated carbocycles. The Morgan fingerprint density at radius 3 is 2.57 bits per heavy atom. The first kappa shape index (κ1) is 18.5. The minimum Gasteiger partial charge on any atom is -0.497 e. The highest BCUT2D eigenvalue weighted by Crippen LogP contribution is 2.24. The minimum absolute atomic E-state index is 0.101. The molecule has 1 aliphatic rings. The molecule has 0 bridgehead atoms. The van der Waals surface area contributed by atoms with E-state index < -0.39 is 0 Å². The van der Waals surface area contributed by atoms with Gasteiger partial charge in [-0.3, -0.25) is 9.20 Å². The molecule has 6 heteroatoms. The van der Waals surface area contributed by atoms with Crippen molar-refractivity contribution in [1.82, 2.24) is 19.5 Å². The van der Waals surface area contributed by atoms with Gasteiger partial charge in [0, 0.05) is 19.3 Å². The van der Waals surface area contributed by atoms with Gasteiger partial charge >= 0.3 is 0 Å². The van der Waals surface area contributed by atoms with Crippen LogP contribution in [-0.2, 0) is 6.42 Å². The lowest BCUT2D eigenvalue weighted by Gasteiger charge is -2.32. The number of aromatic nitrogens is 3. The van der Waals surface area contributed by atoms with Crippen molar-refractivity contribution < 1.29 is 9.53 Å². The van der Waals surface area contributed by atoms with Crippen molar-refractivity contribution in [3.05, 3.63) is 59.5 Å². The van der Waals surface area contributed by atoms with E-state index in [4.69, 9.17) is 4.74 Å². The Balaban J connectivity index is 1.31. The van der Waals surface area contributed by atoms with Gasteiger partial charge in [-0.05, 0) is 68.4 Å². The summed E-state index contributed by atoms with van der Waals surface area (Å²) in [6, 6.07) is 12.0. The van der Waals surface area contributed by atoms with Crippen LogP contribution in [0.2, 0.25) is 0 Å². The van der Waals surface area contributed by atoms with Gasteiger partial charge < -0.3 is 9.64 Å². The highest BCUT2D eigenvalue weighted by Gasteiger charge is 2.24. The third-order valence-electron chi connectivity index (χ3n) is 5.72. The SMILES string of the molecule is COc1ccc(CCC2CCN(C(=O)c3ccc4nnc(C)n4c3)CC2)cc1. The molecule has 6 nitrogen and oxygen atoms in total. The van der Waals surface area contributed by atoms with Crippen LogP contribution < -0.4 is 4.74 Å². The van der Waals surface area contributed by atoms with E-state index in [0.717, 1.165) is 49.6 Å². The van der Waals surface area contributed by atoms with E-state index in [2.05, 4.69) is 22.3 Å². The fourth-order valence-corrected chi connectivity index (χ4v) is 3.90. The molecule has 1 aliphatic heterocycles. The molecule has 0 unspecified atom stereocenters. The zero-order valence-electron chi connectivity index (χ0n) is 16.5. The quantitative estimate of drug-likeness (QED) is 0.681. The number of pyridine rings is 1. The second kappa shape index (κ2) is 8.00. The van der Waals surface area contributed by atoms with Crippen molar-refractivity contribution in [3.8, 4) is 5.75 Å². The summed E-state index contributed by atoms with van der Waals surface area (Å²) in [7, 11) is 1.69. The van der Waals surface area contributed by atoms with E-state index in [0.29, 0.717) is 11.5 Å². The number of hydrogen-bond acceptors (Lipinski definition) is 4. The van der Waals surface area contributed by atoms with Crippen LogP contribution >= 0.6 is 0 Å². The Kier molecular flexibility index (Phi) is 5.28. The number of rotatable bonds is 5. The maximum absolute atomic E-state index is 12.9. The Labute approximate surface area is 165 Å². The standard InChI is InChI=1S/C22H26N4O2/c1-16-23-24-21-10-7-19(15-26(16)21)22(27)25-13-11-18(12-14-25)4-3-17-5-8-20(28-2)9-6-17/h5-10,15,18H,3-4,11-14H2,1-2H3. The monoisotopic (exact) mass is 378 g/mol. The molecule has 0 atom stereocenters. The Hall–Kier alpha value is -2.89. The highest BCUT2D eigenvalue weighted by molar-refractivity contribution is 5.94. The number of nitrogens with zero attached hydrogens (tertiary/aromatic N) is 4. The van der Waals surface area contributed by atoms with Gasteiger partial charge in [-0.2, -0.15) is 0 Å². The summed E-state index contributed by atoms with van der Waals surface area (Å²) in [4.78, 5) is 14.9. The molecule has 2 aromatic heterocycles. The third kappa shape index (κ3) is 3.86. The second-order valence-corrected chi connectivity index (χ2v) is 7.52. The van der Waals surface area contributed by atoms with E-state index in [1.807, 2.05) is 46.7 Å². The lowest BCUT2D eigenvalue weighted by molar-refractivity contribution is 0.0686. The predicted octanol–water partition coefficient (Wildman–Crippen LogP) is 3.53. The van der Waals surface area contributed by atoms with Gasteiger partial charge in [-0.25, -0.2) is 0 Å². The summed E-state index contributed by atoms with van der Waals surface area (Å²) >= 11 is 0. The largest absolute Gasteiger partial charge is 0.497 e. The van der Waals surface area contributed by atoms with Gasteiger partial charge in [0.05, 0.1) is 12.7 Å². The fraction of sp³-hybridized carbons (Fsp3) is 0.409. The summed E-state index contributed by atoms with van der Waals surface area (Å²) in [6.45, 7) is 3.54. The molecule has 0 spiro atoms. The van der Waals surface area contributed by atoms with Gasteiger partial charge in [0.1, 0.15) is 11.6 Å². The molecule has 0 aliphatic carbocycles. The van der Waals surface area contributed by atoms with Crippen molar-refractivity contribution in [2.24, 2.45) is 5.92 Å². The van der Waals surface area contributed by atoms with Crippen LogP contribution in [0.4, 0.5) is 0 Å². The molecule has 3 aromatic rings. The summed E-state index contributed by atoms with van der Waals surface area (Å²) in [5.74, 6) is 2.47. The molecular weight excluding hydrogens is 352 g/mol. The average Bonchev–Trinajstić information content (AvgIpc) is 3.12. The van der Waals surface area contributed by atoms with Gasteiger partial charge in [-0.1, -0.05) is 12.1 Å². The van der Waals surface area contributed by atoms with Crippen LogP contribution in [0.1, 0.15) is 41.0 Å². The van der Waals surface area contributed by atoms with E-state index >= 15 is 0 Å². The molecule has 1 aromatic carbocycles. The number of piperidine rings is 1. The Morgan fingerprint density at radius 1 is 1.11 bits per heavy atom. The van der Waals surface area contributed by atoms with Crippen molar-refractivity contribution in [2.75, 3.05) is 20.2 Å². The van der Waals surface area contributed by atoms with Gasteiger partial charge in [0.2, 0.25) is 0 Å². The number of carbonyl (C=O) groups excluding carboxylic acids is 1. The maximum atomic E-state index is 12.9. The zero-order valence-corrected chi connectivity index (χ0v) is 16.5. The molecule has 0 N–H and O–H groups in total. The first-order chi connectivity index (χ1) is 13.6. The van der Waals surface area contributed by atoms with Gasteiger partial charge in [0.25, 0.3) is 5.91 Å². The molecule has 1 fully saturated rings. The first-order valence-corrected chi connectivity index (χ1v) is 9.87. The van der Waals surface area contributed by atoms with E-state index in [1.165, 1.54) is 12.0 Å². The van der Waals surface area contributed by atoms with Crippen molar-refractivity contribution >= 4 is 11.6 Å². The molecular formula is C22H26N4O2. The molecule has 0 radical (unpaired) electrons. The molecule has 146 valence electrons. The first-order valence-electron chi connectivity index (χ1n) is 9.87. The smallest absolute Gasteiger partial charge is 0.255 e. The number of fused-ring (bicyclic) bond motifs is 1. The van der Waals surface area contributed by atoms with E-state index in [1.54, 1.807) is 7.11 Å². The van der Waals surface area contributed by atoms with Crippen LogP contribution in [0.5, 0.6) is 5.75 Å². The van der Waals surface area contributed by atoms with Crippen LogP contribution in [0.25, 0.3) is 5.65 Å². The minimum atomic E-state index is 0.101. The van der Waals surface area contributed by atoms with Crippen LogP contribution in [0.3, 0.4) is 0 Å². The Morgan fingerprint density at radius 2 is 1.86 bits per heavy atom.